The molecule has 4 nitrogen and oxygen atoms in total. The summed E-state index contributed by atoms with van der Waals surface area (Å²) in [7, 11) is 5.26. The second-order valence-corrected chi connectivity index (χ2v) is 9.13. The molecule has 0 saturated heterocycles. The Bertz CT molecular complexity index is 1300. The van der Waals surface area contributed by atoms with Crippen molar-refractivity contribution in [2.45, 2.75) is 17.9 Å². The second kappa shape index (κ2) is 11.0. The Balaban J connectivity index is 2.01. The topological polar surface area (TPSA) is 45.6 Å². The van der Waals surface area contributed by atoms with Crippen LogP contribution in [0.2, 0.25) is 0 Å². The average Bonchev–Trinajstić information content (AvgIpc) is 2.90. The van der Waals surface area contributed by atoms with E-state index in [0.29, 0.717) is 18.0 Å². The molecular formula is C30H30F2N2O2. The highest BCUT2D eigenvalue weighted by Crippen LogP contribution is 2.48. The molecule has 0 fully saturated rings. The smallest absolute Gasteiger partial charge is 0.217 e. The van der Waals surface area contributed by atoms with Gasteiger partial charge in [0, 0.05) is 35.3 Å². The highest BCUT2D eigenvalue weighted by molar-refractivity contribution is 5.65. The van der Waals surface area contributed by atoms with Crippen molar-refractivity contribution in [3.63, 3.8) is 0 Å². The minimum atomic E-state index is -1.82. The first-order valence-corrected chi connectivity index (χ1v) is 11.8. The maximum Gasteiger partial charge on any atom is 0.217 e. The van der Waals surface area contributed by atoms with Crippen molar-refractivity contribution in [2.24, 2.45) is 0 Å². The zero-order valence-electron chi connectivity index (χ0n) is 20.7. The first-order valence-electron chi connectivity index (χ1n) is 11.8. The third-order valence-corrected chi connectivity index (χ3v) is 6.44. The van der Waals surface area contributed by atoms with Gasteiger partial charge in [-0.05, 0) is 55.9 Å². The molecule has 0 aliphatic rings. The summed E-state index contributed by atoms with van der Waals surface area (Å²) >= 11 is 0. The lowest BCUT2D eigenvalue weighted by atomic mass is 9.71. The molecule has 4 rings (SSSR count). The Morgan fingerprint density at radius 2 is 1.58 bits per heavy atom. The predicted molar refractivity (Wildman–Crippen MR) is 138 cm³/mol. The normalized spacial score (nSPS) is 13.9. The lowest BCUT2D eigenvalue weighted by molar-refractivity contribution is 0.000317. The van der Waals surface area contributed by atoms with Gasteiger partial charge in [0.15, 0.2) is 0 Å². The molecule has 0 radical (unpaired) electrons. The molecule has 2 atom stereocenters. The van der Waals surface area contributed by atoms with Crippen LogP contribution < -0.4 is 4.74 Å². The van der Waals surface area contributed by atoms with Gasteiger partial charge >= 0.3 is 0 Å². The Hall–Kier alpha value is -3.61. The molecule has 186 valence electrons. The zero-order chi connectivity index (χ0) is 25.7. The van der Waals surface area contributed by atoms with Crippen molar-refractivity contribution < 1.29 is 18.6 Å². The van der Waals surface area contributed by atoms with Crippen molar-refractivity contribution in [2.75, 3.05) is 27.7 Å². The lowest BCUT2D eigenvalue weighted by Gasteiger charge is -2.39. The van der Waals surface area contributed by atoms with Crippen molar-refractivity contribution in [1.29, 1.82) is 0 Å². The molecule has 0 amide bonds. The van der Waals surface area contributed by atoms with E-state index in [1.54, 1.807) is 6.20 Å². The monoisotopic (exact) mass is 488 g/mol. The molecule has 0 aliphatic carbocycles. The molecule has 6 heteroatoms. The number of benzene rings is 3. The molecule has 3 aromatic carbocycles. The van der Waals surface area contributed by atoms with Crippen LogP contribution in [0.3, 0.4) is 0 Å². The first kappa shape index (κ1) is 25.5. The molecule has 0 bridgehead atoms. The molecule has 0 saturated carbocycles. The fraction of sp³-hybridized carbons (Fsp3) is 0.233. The van der Waals surface area contributed by atoms with Crippen molar-refractivity contribution in [3.8, 4) is 17.0 Å². The summed E-state index contributed by atoms with van der Waals surface area (Å²) in [5.41, 5.74) is 1.15. The number of nitrogens with zero attached hydrogens (tertiary/aromatic N) is 2. The average molecular weight is 489 g/mol. The van der Waals surface area contributed by atoms with E-state index in [0.717, 1.165) is 34.9 Å². The summed E-state index contributed by atoms with van der Waals surface area (Å²) < 4.78 is 35.4. The number of pyridine rings is 1. The maximum atomic E-state index is 15.3. The van der Waals surface area contributed by atoms with Gasteiger partial charge in [-0.15, -0.1) is 0 Å². The molecule has 36 heavy (non-hydrogen) atoms. The van der Waals surface area contributed by atoms with E-state index in [9.17, 15) is 9.50 Å². The number of halogens is 2. The summed E-state index contributed by atoms with van der Waals surface area (Å²) in [6.45, 7) is 0.434. The van der Waals surface area contributed by atoms with Crippen LogP contribution >= 0.6 is 0 Å². The quantitative estimate of drug-likeness (QED) is 0.314. The van der Waals surface area contributed by atoms with Crippen LogP contribution in [-0.2, 0) is 5.60 Å². The van der Waals surface area contributed by atoms with Crippen LogP contribution in [0, 0.1) is 11.6 Å². The van der Waals surface area contributed by atoms with Crippen molar-refractivity contribution in [3.05, 3.63) is 119 Å². The maximum absolute atomic E-state index is 15.3. The highest BCUT2D eigenvalue weighted by atomic mass is 19.1. The van der Waals surface area contributed by atoms with Crippen molar-refractivity contribution >= 4 is 0 Å². The van der Waals surface area contributed by atoms with Crippen LogP contribution in [-0.4, -0.2) is 42.7 Å². The molecule has 1 N–H and O–H groups in total. The molecule has 1 heterocycles. The first-order chi connectivity index (χ1) is 17.3. The standard InChI is InChI=1S/C30H30F2N2O2/c1-34(2)17-16-30(35,26-19-24(31)14-15-27(26)32)28(22-12-8-5-9-13-22)25-18-23(20-33-29(25)36-3)21-10-6-4-7-11-21/h4-15,18-20,28,35H,16-17H2,1-3H3/t28-,30-/m1/s1. The lowest BCUT2D eigenvalue weighted by Crippen LogP contribution is -2.38. The largest absolute Gasteiger partial charge is 0.481 e. The third-order valence-electron chi connectivity index (χ3n) is 6.44. The Labute approximate surface area is 210 Å². The summed E-state index contributed by atoms with van der Waals surface area (Å²) in [6, 6.07) is 24.2. The summed E-state index contributed by atoms with van der Waals surface area (Å²) in [5.74, 6) is -1.79. The summed E-state index contributed by atoms with van der Waals surface area (Å²) in [4.78, 5) is 6.45. The van der Waals surface area contributed by atoms with Gasteiger partial charge in [0.2, 0.25) is 5.88 Å². The second-order valence-electron chi connectivity index (χ2n) is 9.13. The van der Waals surface area contributed by atoms with E-state index >= 15 is 4.39 Å². The van der Waals surface area contributed by atoms with Crippen LogP contribution in [0.5, 0.6) is 5.88 Å². The molecular weight excluding hydrogens is 458 g/mol. The van der Waals surface area contributed by atoms with Crippen LogP contribution in [0.25, 0.3) is 11.1 Å². The van der Waals surface area contributed by atoms with E-state index < -0.39 is 23.2 Å². The Morgan fingerprint density at radius 1 is 0.917 bits per heavy atom. The minimum absolute atomic E-state index is 0.106. The third kappa shape index (κ3) is 5.30. The Kier molecular flexibility index (Phi) is 7.77. The number of methoxy groups -OCH3 is 1. The van der Waals surface area contributed by atoms with Gasteiger partial charge in [-0.2, -0.15) is 0 Å². The van der Waals surface area contributed by atoms with Gasteiger partial charge in [0.1, 0.15) is 17.2 Å². The van der Waals surface area contributed by atoms with Gasteiger partial charge in [-0.3, -0.25) is 0 Å². The number of hydrogen-bond acceptors (Lipinski definition) is 4. The fourth-order valence-corrected chi connectivity index (χ4v) is 4.65. The molecule has 4 aromatic rings. The summed E-state index contributed by atoms with van der Waals surface area (Å²) in [6.07, 6.45) is 1.85. The number of ether oxygens (including phenoxy) is 1. The fourth-order valence-electron chi connectivity index (χ4n) is 4.65. The summed E-state index contributed by atoms with van der Waals surface area (Å²) in [5, 5.41) is 12.5. The van der Waals surface area contributed by atoms with E-state index in [-0.39, 0.29) is 12.0 Å². The number of hydrogen-bond donors (Lipinski definition) is 1. The Morgan fingerprint density at radius 3 is 2.22 bits per heavy atom. The number of aliphatic hydroxyl groups is 1. The highest BCUT2D eigenvalue weighted by Gasteiger charge is 2.44. The van der Waals surface area contributed by atoms with Crippen LogP contribution in [0.15, 0.2) is 91.1 Å². The van der Waals surface area contributed by atoms with Gasteiger partial charge in [-0.25, -0.2) is 13.8 Å². The SMILES string of the molecule is COc1ncc(-c2ccccc2)cc1[C@@H](c1ccccc1)[C@@](O)(CCN(C)C)c1cc(F)ccc1F. The van der Waals surface area contributed by atoms with Crippen molar-refractivity contribution in [1.82, 2.24) is 9.88 Å². The predicted octanol–water partition coefficient (Wildman–Crippen LogP) is 6.01. The molecule has 1 aromatic heterocycles. The van der Waals surface area contributed by atoms with Crippen LogP contribution in [0.4, 0.5) is 8.78 Å². The molecule has 0 aliphatic heterocycles. The van der Waals surface area contributed by atoms with Crippen LogP contribution in [0.1, 0.15) is 29.0 Å². The van der Waals surface area contributed by atoms with Gasteiger partial charge in [-0.1, -0.05) is 60.7 Å². The van der Waals surface area contributed by atoms with Gasteiger partial charge < -0.3 is 14.7 Å². The zero-order valence-corrected chi connectivity index (χ0v) is 20.7. The minimum Gasteiger partial charge on any atom is -0.481 e. The van der Waals surface area contributed by atoms with E-state index in [1.165, 1.54) is 7.11 Å². The van der Waals surface area contributed by atoms with E-state index in [1.807, 2.05) is 85.7 Å². The van der Waals surface area contributed by atoms with E-state index in [2.05, 4.69) is 4.98 Å². The van der Waals surface area contributed by atoms with E-state index in [4.69, 9.17) is 4.74 Å². The molecule has 0 unspecified atom stereocenters. The number of rotatable bonds is 9. The molecule has 0 spiro atoms. The van der Waals surface area contributed by atoms with Gasteiger partial charge in [0.05, 0.1) is 7.11 Å². The van der Waals surface area contributed by atoms with Gasteiger partial charge in [0.25, 0.3) is 0 Å². The number of aromatic nitrogens is 1.